The van der Waals surface area contributed by atoms with Crippen LogP contribution in [0.3, 0.4) is 0 Å². The molecular weight excluding hydrogens is 306 g/mol. The molecule has 1 rings (SSSR count). The highest BCUT2D eigenvalue weighted by Crippen LogP contribution is 2.25. The van der Waals surface area contributed by atoms with Crippen LogP contribution >= 0.6 is 0 Å². The zero-order chi connectivity index (χ0) is 18.4. The number of hydrogen-bond acceptors (Lipinski definition) is 4. The van der Waals surface area contributed by atoms with Gasteiger partial charge in [0.25, 0.3) is 0 Å². The predicted octanol–water partition coefficient (Wildman–Crippen LogP) is 0.519. The first kappa shape index (κ1) is 20.7. The predicted molar refractivity (Wildman–Crippen MR) is 98.4 cm³/mol. The van der Waals surface area contributed by atoms with Crippen molar-refractivity contribution in [3.05, 3.63) is 0 Å². The normalized spacial score (nSPS) is 18.4. The molecule has 0 aromatic carbocycles. The molecule has 0 bridgehead atoms. The second-order valence-electron chi connectivity index (χ2n) is 7.79. The number of nitrogens with zero attached hydrogens (tertiary/aromatic N) is 3. The maximum Gasteiger partial charge on any atom is 0.240 e. The minimum Gasteiger partial charge on any atom is -0.381 e. The van der Waals surface area contributed by atoms with Crippen LogP contribution in [-0.2, 0) is 9.53 Å². The van der Waals surface area contributed by atoms with E-state index in [1.165, 1.54) is 0 Å². The average Bonchev–Trinajstić information content (AvgIpc) is 2.46. The second kappa shape index (κ2) is 8.67. The summed E-state index contributed by atoms with van der Waals surface area (Å²) in [7, 11) is 7.84. The van der Waals surface area contributed by atoms with Crippen LogP contribution in [0.4, 0.5) is 0 Å². The fraction of sp³-hybridized carbons (Fsp3) is 0.882. The fourth-order valence-corrected chi connectivity index (χ4v) is 2.91. The van der Waals surface area contributed by atoms with Crippen molar-refractivity contribution in [3.63, 3.8) is 0 Å². The summed E-state index contributed by atoms with van der Waals surface area (Å²) in [5.74, 6) is 0.716. The average molecular weight is 342 g/mol. The number of guanidine groups is 1. The van der Waals surface area contributed by atoms with E-state index in [1.54, 1.807) is 7.05 Å². The maximum absolute atomic E-state index is 12.1. The summed E-state index contributed by atoms with van der Waals surface area (Å²) in [6, 6.07) is 0. The first-order valence-electron chi connectivity index (χ1n) is 8.58. The summed E-state index contributed by atoms with van der Waals surface area (Å²) in [6.45, 7) is 8.54. The molecular formula is C17H35N5O2. The van der Waals surface area contributed by atoms with Gasteiger partial charge in [-0.3, -0.25) is 9.79 Å². The molecule has 0 aromatic heterocycles. The van der Waals surface area contributed by atoms with E-state index in [4.69, 9.17) is 4.74 Å². The molecule has 0 radical (unpaired) electrons. The van der Waals surface area contributed by atoms with Crippen molar-refractivity contribution < 1.29 is 9.53 Å². The van der Waals surface area contributed by atoms with Crippen LogP contribution in [0.5, 0.6) is 0 Å². The molecule has 1 saturated heterocycles. The lowest BCUT2D eigenvalue weighted by molar-refractivity contribution is -0.122. The first-order valence-corrected chi connectivity index (χ1v) is 8.58. The van der Waals surface area contributed by atoms with Gasteiger partial charge >= 0.3 is 0 Å². The third kappa shape index (κ3) is 6.28. The number of likely N-dealkylation sites (N-methyl/N-ethyl adjacent to an activating group) is 2. The Morgan fingerprint density at radius 1 is 1.21 bits per heavy atom. The van der Waals surface area contributed by atoms with Gasteiger partial charge in [0.15, 0.2) is 5.96 Å². The number of amides is 1. The van der Waals surface area contributed by atoms with E-state index in [0.29, 0.717) is 0 Å². The number of carbonyl (C=O) groups excluding carboxylic acids is 1. The van der Waals surface area contributed by atoms with Crippen LogP contribution < -0.4 is 10.6 Å². The highest BCUT2D eigenvalue weighted by Gasteiger charge is 2.35. The Bertz CT molecular complexity index is 437. The molecule has 7 heteroatoms. The second-order valence-corrected chi connectivity index (χ2v) is 7.79. The highest BCUT2D eigenvalue weighted by molar-refractivity contribution is 5.86. The molecule has 0 atom stereocenters. The molecule has 7 nitrogen and oxygen atoms in total. The molecule has 140 valence electrons. The van der Waals surface area contributed by atoms with Crippen molar-refractivity contribution in [2.45, 2.75) is 44.7 Å². The maximum atomic E-state index is 12.1. The van der Waals surface area contributed by atoms with E-state index in [1.807, 2.05) is 32.7 Å². The Hall–Kier alpha value is -1.34. The monoisotopic (exact) mass is 341 g/mol. The molecule has 1 amide bonds. The van der Waals surface area contributed by atoms with Gasteiger partial charge in [-0.1, -0.05) is 0 Å². The van der Waals surface area contributed by atoms with Crippen molar-refractivity contribution in [2.24, 2.45) is 4.99 Å². The number of carbonyl (C=O) groups is 1. The van der Waals surface area contributed by atoms with Crippen LogP contribution in [0.15, 0.2) is 4.99 Å². The van der Waals surface area contributed by atoms with Gasteiger partial charge in [0.1, 0.15) is 0 Å². The van der Waals surface area contributed by atoms with Crippen LogP contribution in [0.1, 0.15) is 33.6 Å². The molecule has 0 unspecified atom stereocenters. The largest absolute Gasteiger partial charge is 0.381 e. The summed E-state index contributed by atoms with van der Waals surface area (Å²) in [5.41, 5.74) is -0.172. The van der Waals surface area contributed by atoms with Gasteiger partial charge in [-0.15, -0.1) is 0 Å². The van der Waals surface area contributed by atoms with E-state index in [-0.39, 0.29) is 23.5 Å². The molecule has 0 spiro atoms. The molecule has 0 saturated carbocycles. The van der Waals surface area contributed by atoms with E-state index < -0.39 is 0 Å². The lowest BCUT2D eigenvalue weighted by atomic mass is 9.88. The lowest BCUT2D eigenvalue weighted by Crippen LogP contribution is -2.57. The molecule has 1 aliphatic heterocycles. The third-order valence-electron chi connectivity index (χ3n) is 4.42. The van der Waals surface area contributed by atoms with Crippen molar-refractivity contribution in [1.82, 2.24) is 20.4 Å². The highest BCUT2D eigenvalue weighted by atomic mass is 16.5. The molecule has 1 fully saturated rings. The summed E-state index contributed by atoms with van der Waals surface area (Å²) in [6.07, 6.45) is 1.97. The van der Waals surface area contributed by atoms with Crippen molar-refractivity contribution >= 4 is 11.9 Å². The van der Waals surface area contributed by atoms with Gasteiger partial charge in [-0.05, 0) is 47.7 Å². The van der Waals surface area contributed by atoms with Gasteiger partial charge in [-0.2, -0.15) is 0 Å². The third-order valence-corrected chi connectivity index (χ3v) is 4.42. The van der Waals surface area contributed by atoms with E-state index in [9.17, 15) is 4.79 Å². The van der Waals surface area contributed by atoms with E-state index in [0.717, 1.165) is 38.6 Å². The number of aliphatic imine (C=N–C) groups is 1. The Kier molecular flexibility index (Phi) is 7.48. The van der Waals surface area contributed by atoms with Crippen LogP contribution in [-0.4, -0.2) is 87.2 Å². The van der Waals surface area contributed by atoms with Crippen LogP contribution in [0, 0.1) is 0 Å². The Labute approximate surface area is 146 Å². The summed E-state index contributed by atoms with van der Waals surface area (Å²) in [5, 5.41) is 6.40. The van der Waals surface area contributed by atoms with Gasteiger partial charge in [0.2, 0.25) is 5.91 Å². The smallest absolute Gasteiger partial charge is 0.240 e. The van der Waals surface area contributed by atoms with Gasteiger partial charge in [-0.25, -0.2) is 0 Å². The minimum absolute atomic E-state index is 0.0126. The fourth-order valence-electron chi connectivity index (χ4n) is 2.91. The van der Waals surface area contributed by atoms with Crippen LogP contribution in [0.2, 0.25) is 0 Å². The molecule has 24 heavy (non-hydrogen) atoms. The Balaban J connectivity index is 2.61. The van der Waals surface area contributed by atoms with E-state index in [2.05, 4.69) is 34.6 Å². The number of nitrogens with one attached hydrogen (secondary N) is 2. The Morgan fingerprint density at radius 3 is 2.25 bits per heavy atom. The number of rotatable bonds is 5. The van der Waals surface area contributed by atoms with Crippen molar-refractivity contribution in [2.75, 3.05) is 54.5 Å². The van der Waals surface area contributed by atoms with Gasteiger partial charge in [0, 0.05) is 44.9 Å². The van der Waals surface area contributed by atoms with Gasteiger partial charge < -0.3 is 25.2 Å². The molecule has 1 aliphatic rings. The zero-order valence-corrected chi connectivity index (χ0v) is 16.4. The quantitative estimate of drug-likeness (QED) is 0.564. The zero-order valence-electron chi connectivity index (χ0n) is 16.4. The molecule has 0 aliphatic carbocycles. The van der Waals surface area contributed by atoms with E-state index >= 15 is 0 Å². The van der Waals surface area contributed by atoms with Gasteiger partial charge in [0.05, 0.1) is 6.54 Å². The van der Waals surface area contributed by atoms with Crippen molar-refractivity contribution in [3.8, 4) is 0 Å². The summed E-state index contributed by atoms with van der Waals surface area (Å²) >= 11 is 0. The standard InChI is InChI=1S/C17H35N5O2/c1-16(2,3)20-14(23)12-22(7)15(18-4)19-13-17(21(5)6)8-10-24-11-9-17/h8-13H2,1-7H3,(H,18,19)(H,20,23). The topological polar surface area (TPSA) is 69.2 Å². The number of ether oxygens (including phenoxy) is 1. The van der Waals surface area contributed by atoms with Crippen LogP contribution in [0.25, 0.3) is 0 Å². The molecule has 1 heterocycles. The van der Waals surface area contributed by atoms with Crippen molar-refractivity contribution in [1.29, 1.82) is 0 Å². The first-order chi connectivity index (χ1) is 11.1. The minimum atomic E-state index is -0.230. The SMILES string of the molecule is CN=C(NCC1(N(C)C)CCOCC1)N(C)CC(=O)NC(C)(C)C. The number of hydrogen-bond donors (Lipinski definition) is 2. The Morgan fingerprint density at radius 2 is 1.79 bits per heavy atom. The lowest BCUT2D eigenvalue weighted by Gasteiger charge is -2.43. The molecule has 2 N–H and O–H groups in total. The summed E-state index contributed by atoms with van der Waals surface area (Å²) < 4.78 is 5.51. The summed E-state index contributed by atoms with van der Waals surface area (Å²) in [4.78, 5) is 20.5. The molecule has 0 aromatic rings.